The van der Waals surface area contributed by atoms with E-state index in [0.29, 0.717) is 36.9 Å². The van der Waals surface area contributed by atoms with Gasteiger partial charge in [-0.2, -0.15) is 0 Å². The lowest BCUT2D eigenvalue weighted by Gasteiger charge is -2.42. The first-order valence-corrected chi connectivity index (χ1v) is 12.9. The first-order valence-electron chi connectivity index (χ1n) is 12.9. The number of hydrogen-bond donors (Lipinski definition) is 1. The second-order valence-electron chi connectivity index (χ2n) is 11.0. The lowest BCUT2D eigenvalue weighted by molar-refractivity contribution is -0.384. The third-order valence-corrected chi connectivity index (χ3v) is 6.80. The van der Waals surface area contributed by atoms with Crippen molar-refractivity contribution >= 4 is 11.8 Å². The number of hydrogen-bond acceptors (Lipinski definition) is 5. The molecule has 0 saturated heterocycles. The van der Waals surface area contributed by atoms with Crippen molar-refractivity contribution in [2.75, 3.05) is 6.61 Å². The number of non-ortho nitro benzene ring substituents is 1. The van der Waals surface area contributed by atoms with Crippen molar-refractivity contribution in [3.8, 4) is 0 Å². The quantitative estimate of drug-likeness (QED) is 0.282. The Bertz CT molecular complexity index is 1340. The van der Waals surface area contributed by atoms with Gasteiger partial charge in [0.1, 0.15) is 18.2 Å². The van der Waals surface area contributed by atoms with Crippen molar-refractivity contribution in [2.45, 2.75) is 64.2 Å². The number of rotatable bonds is 8. The number of amides is 1. The van der Waals surface area contributed by atoms with Gasteiger partial charge in [0.15, 0.2) is 0 Å². The molecule has 2 unspecified atom stereocenters. The standard InChI is InChI=1S/C30H33F2N3O4/c1-30(2,3)33-29(36)39-19-27(14-20-7-6-9-25(13-20)35(37)38)34-18-22-11-12-24(31)15-23(22)17-26(34)16-21-8-4-5-10-28(21)32/h4-13,15,26-27H,14,16-19H2,1-3H3,(H,33,36). The third-order valence-electron chi connectivity index (χ3n) is 6.80. The van der Waals surface area contributed by atoms with Crippen molar-refractivity contribution in [1.29, 1.82) is 0 Å². The van der Waals surface area contributed by atoms with Gasteiger partial charge >= 0.3 is 6.09 Å². The SMILES string of the molecule is CC(C)(C)NC(=O)OCC(Cc1cccc([N+](=O)[O-])c1)N1Cc2ccc(F)cc2CC1Cc1ccccc1F. The number of carbonyl (C=O) groups excluding carboxylic acids is 1. The van der Waals surface area contributed by atoms with Gasteiger partial charge in [0.25, 0.3) is 5.69 Å². The van der Waals surface area contributed by atoms with Gasteiger partial charge in [-0.15, -0.1) is 0 Å². The average Bonchev–Trinajstić information content (AvgIpc) is 2.86. The molecule has 1 aliphatic heterocycles. The predicted molar refractivity (Wildman–Crippen MR) is 144 cm³/mol. The maximum Gasteiger partial charge on any atom is 0.407 e. The van der Waals surface area contributed by atoms with E-state index >= 15 is 0 Å². The van der Waals surface area contributed by atoms with E-state index in [2.05, 4.69) is 10.2 Å². The molecule has 0 radical (unpaired) electrons. The van der Waals surface area contributed by atoms with Crippen LogP contribution < -0.4 is 5.32 Å². The maximum absolute atomic E-state index is 14.7. The van der Waals surface area contributed by atoms with E-state index in [4.69, 9.17) is 4.74 Å². The summed E-state index contributed by atoms with van der Waals surface area (Å²) < 4.78 is 34.5. The Morgan fingerprint density at radius 3 is 2.59 bits per heavy atom. The van der Waals surface area contributed by atoms with Crippen LogP contribution in [0.25, 0.3) is 0 Å². The molecule has 2 atom stereocenters. The Morgan fingerprint density at radius 1 is 1.10 bits per heavy atom. The third kappa shape index (κ3) is 7.60. The number of alkyl carbamates (subject to hydrolysis) is 1. The van der Waals surface area contributed by atoms with Crippen LogP contribution >= 0.6 is 0 Å². The van der Waals surface area contributed by atoms with Crippen LogP contribution in [-0.4, -0.2) is 40.1 Å². The molecular weight excluding hydrogens is 504 g/mol. The molecule has 7 nitrogen and oxygen atoms in total. The van der Waals surface area contributed by atoms with Crippen molar-refractivity contribution in [2.24, 2.45) is 0 Å². The molecule has 1 amide bonds. The van der Waals surface area contributed by atoms with Crippen LogP contribution in [0.2, 0.25) is 0 Å². The van der Waals surface area contributed by atoms with Crippen molar-refractivity contribution in [1.82, 2.24) is 10.2 Å². The molecule has 0 fully saturated rings. The molecule has 1 heterocycles. The molecule has 1 aliphatic rings. The highest BCUT2D eigenvalue weighted by Crippen LogP contribution is 2.30. The minimum atomic E-state index is -0.573. The second kappa shape index (κ2) is 11.9. The first kappa shape index (κ1) is 28.2. The summed E-state index contributed by atoms with van der Waals surface area (Å²) in [5.41, 5.74) is 2.52. The predicted octanol–water partition coefficient (Wildman–Crippen LogP) is 5.98. The second-order valence-corrected chi connectivity index (χ2v) is 11.0. The van der Waals surface area contributed by atoms with Crippen LogP contribution in [0.15, 0.2) is 66.7 Å². The van der Waals surface area contributed by atoms with Crippen LogP contribution in [0.4, 0.5) is 19.3 Å². The lowest BCUT2D eigenvalue weighted by atomic mass is 9.88. The lowest BCUT2D eigenvalue weighted by Crippen LogP contribution is -2.51. The van der Waals surface area contributed by atoms with E-state index < -0.39 is 16.6 Å². The smallest absolute Gasteiger partial charge is 0.407 e. The molecule has 206 valence electrons. The van der Waals surface area contributed by atoms with E-state index in [1.807, 2.05) is 20.8 Å². The fourth-order valence-corrected chi connectivity index (χ4v) is 5.03. The number of ether oxygens (including phenoxy) is 1. The van der Waals surface area contributed by atoms with Crippen LogP contribution in [0.1, 0.15) is 43.0 Å². The normalized spacial score (nSPS) is 16.3. The number of halogens is 2. The minimum absolute atomic E-state index is 0.00883. The van der Waals surface area contributed by atoms with Gasteiger partial charge in [-0.05, 0) is 80.5 Å². The highest BCUT2D eigenvalue weighted by Gasteiger charge is 2.33. The number of nitro benzene ring substituents is 1. The van der Waals surface area contributed by atoms with Gasteiger partial charge in [-0.1, -0.05) is 36.4 Å². The number of nitrogens with zero attached hydrogens (tertiary/aromatic N) is 2. The Balaban J connectivity index is 1.68. The monoisotopic (exact) mass is 537 g/mol. The molecular formula is C30H33F2N3O4. The molecule has 9 heteroatoms. The molecule has 0 aromatic heterocycles. The van der Waals surface area contributed by atoms with Gasteiger partial charge < -0.3 is 10.1 Å². The first-order chi connectivity index (χ1) is 18.5. The molecule has 1 N–H and O–H groups in total. The maximum atomic E-state index is 14.7. The summed E-state index contributed by atoms with van der Waals surface area (Å²) in [5, 5.41) is 14.2. The van der Waals surface area contributed by atoms with Gasteiger partial charge in [0.2, 0.25) is 0 Å². The number of nitro groups is 1. The molecule has 4 rings (SSSR count). The Hall–Kier alpha value is -3.85. The van der Waals surface area contributed by atoms with E-state index in [-0.39, 0.29) is 36.0 Å². The highest BCUT2D eigenvalue weighted by molar-refractivity contribution is 5.68. The Labute approximate surface area is 226 Å². The molecule has 3 aromatic rings. The van der Waals surface area contributed by atoms with E-state index in [9.17, 15) is 23.7 Å². The molecule has 0 aliphatic carbocycles. The zero-order chi connectivity index (χ0) is 28.2. The zero-order valence-electron chi connectivity index (χ0n) is 22.3. The number of carbonyl (C=O) groups is 1. The fraction of sp³-hybridized carbons (Fsp3) is 0.367. The van der Waals surface area contributed by atoms with Crippen molar-refractivity contribution in [3.63, 3.8) is 0 Å². The van der Waals surface area contributed by atoms with Crippen LogP contribution in [0.5, 0.6) is 0 Å². The summed E-state index contributed by atoms with van der Waals surface area (Å²) in [7, 11) is 0. The van der Waals surface area contributed by atoms with Gasteiger partial charge in [-0.3, -0.25) is 15.0 Å². The summed E-state index contributed by atoms with van der Waals surface area (Å²) in [4.78, 5) is 25.7. The summed E-state index contributed by atoms with van der Waals surface area (Å²) in [6.45, 7) is 5.98. The summed E-state index contributed by atoms with van der Waals surface area (Å²) >= 11 is 0. The van der Waals surface area contributed by atoms with Crippen LogP contribution in [-0.2, 0) is 30.5 Å². The molecule has 0 spiro atoms. The van der Waals surface area contributed by atoms with Gasteiger partial charge in [0.05, 0.1) is 4.92 Å². The Morgan fingerprint density at radius 2 is 1.87 bits per heavy atom. The number of fused-ring (bicyclic) bond motifs is 1. The Kier molecular flexibility index (Phi) is 8.60. The fourth-order valence-electron chi connectivity index (χ4n) is 5.03. The largest absolute Gasteiger partial charge is 0.448 e. The van der Waals surface area contributed by atoms with E-state index in [1.54, 1.807) is 36.4 Å². The number of nitrogens with one attached hydrogen (secondary N) is 1. The van der Waals surface area contributed by atoms with E-state index in [0.717, 1.165) is 11.1 Å². The molecule has 0 saturated carbocycles. The van der Waals surface area contributed by atoms with Gasteiger partial charge in [0, 0.05) is 36.3 Å². The molecule has 0 bridgehead atoms. The zero-order valence-corrected chi connectivity index (χ0v) is 22.3. The summed E-state index contributed by atoms with van der Waals surface area (Å²) in [6, 6.07) is 17.0. The minimum Gasteiger partial charge on any atom is -0.448 e. The highest BCUT2D eigenvalue weighted by atomic mass is 19.1. The topological polar surface area (TPSA) is 84.7 Å². The van der Waals surface area contributed by atoms with Crippen LogP contribution in [0.3, 0.4) is 0 Å². The number of benzene rings is 3. The summed E-state index contributed by atoms with van der Waals surface area (Å²) in [5.74, 6) is -0.652. The molecule has 3 aromatic carbocycles. The summed E-state index contributed by atoms with van der Waals surface area (Å²) in [6.07, 6.45) is 0.620. The van der Waals surface area contributed by atoms with Crippen LogP contribution in [0, 0.1) is 21.7 Å². The van der Waals surface area contributed by atoms with Crippen molar-refractivity contribution in [3.05, 3.63) is 111 Å². The van der Waals surface area contributed by atoms with Crippen molar-refractivity contribution < 1.29 is 23.2 Å². The molecule has 39 heavy (non-hydrogen) atoms. The van der Waals surface area contributed by atoms with E-state index in [1.165, 1.54) is 30.3 Å². The average molecular weight is 538 g/mol. The van der Waals surface area contributed by atoms with Gasteiger partial charge in [-0.25, -0.2) is 13.6 Å².